The molecule has 0 aliphatic heterocycles. The van der Waals surface area contributed by atoms with Crippen LogP contribution in [0.5, 0.6) is 0 Å². The molecule has 25 heavy (non-hydrogen) atoms. The first-order valence-electron chi connectivity index (χ1n) is 7.54. The molecule has 7 heteroatoms. The number of hydrogen-bond donors (Lipinski definition) is 0. The van der Waals surface area contributed by atoms with Gasteiger partial charge in [0.2, 0.25) is 0 Å². The first-order chi connectivity index (χ1) is 10.2. The van der Waals surface area contributed by atoms with Gasteiger partial charge in [0.1, 0.15) is 0 Å². The molecule has 0 spiro atoms. The van der Waals surface area contributed by atoms with Gasteiger partial charge < -0.3 is 34.2 Å². The molecule has 0 saturated carbocycles. The molecule has 0 aromatic carbocycles. The zero-order chi connectivity index (χ0) is 17.6. The van der Waals surface area contributed by atoms with E-state index in [1.807, 2.05) is 17.5 Å². The van der Waals surface area contributed by atoms with Crippen LogP contribution in [0.25, 0.3) is 0 Å². The van der Waals surface area contributed by atoms with Gasteiger partial charge in [0.15, 0.2) is 8.32 Å². The van der Waals surface area contributed by atoms with Crippen LogP contribution >= 0.6 is 11.3 Å². The van der Waals surface area contributed by atoms with Gasteiger partial charge in [0.25, 0.3) is 0 Å². The van der Waals surface area contributed by atoms with Crippen molar-refractivity contribution in [3.63, 3.8) is 0 Å². The fourth-order valence-corrected chi connectivity index (χ4v) is 3.33. The second-order valence-corrected chi connectivity index (χ2v) is 12.1. The van der Waals surface area contributed by atoms with Crippen molar-refractivity contribution in [3.8, 4) is 0 Å². The van der Waals surface area contributed by atoms with E-state index >= 15 is 0 Å². The van der Waals surface area contributed by atoms with E-state index in [0.29, 0.717) is 11.1 Å². The minimum atomic E-state index is -1.57. The summed E-state index contributed by atoms with van der Waals surface area (Å²) < 4.78 is 6.23. The number of thiophene rings is 1. The van der Waals surface area contributed by atoms with E-state index in [2.05, 4.69) is 46.2 Å². The predicted molar refractivity (Wildman–Crippen MR) is 98.6 cm³/mol. The minimum Gasteiger partial charge on any atom is -0.518 e. The van der Waals surface area contributed by atoms with Crippen molar-refractivity contribution in [1.82, 2.24) is 0 Å². The van der Waals surface area contributed by atoms with Crippen LogP contribution in [0.4, 0.5) is 0 Å². The maximum Gasteiger partial charge on any atom is 1.00 e. The van der Waals surface area contributed by atoms with Crippen LogP contribution in [0, 0.1) is 23.8 Å². The Morgan fingerprint density at radius 1 is 1.32 bits per heavy atom. The number of nitrogens with zero attached hydrogens (tertiary/aromatic N) is 1. The van der Waals surface area contributed by atoms with Gasteiger partial charge >= 0.3 is 54.8 Å². The van der Waals surface area contributed by atoms with Gasteiger partial charge in [-0.2, -0.15) is 11.4 Å². The number of unbranched alkanes of at least 4 members (excludes halogenated alkanes) is 1. The summed E-state index contributed by atoms with van der Waals surface area (Å²) in [6.45, 7) is 23.7. The van der Waals surface area contributed by atoms with Crippen LogP contribution in [0.2, 0.25) is 18.1 Å². The van der Waals surface area contributed by atoms with Gasteiger partial charge in [0.05, 0.1) is 0 Å². The maximum absolute atomic E-state index is 6.25. The minimum absolute atomic E-state index is 0. The van der Waals surface area contributed by atoms with Gasteiger partial charge in [-0.25, -0.2) is 6.07 Å². The SMILES string of the molecule is [C-]#N.[CH-]=CCCC[C@H](C)O[Si](C)(C)C(C)(C)C.[Cu+].[Li+].[Li+].[c-]1cccs1. The Bertz CT molecular complexity index is 378. The molecular weight excluding hydrogens is 384 g/mol. The average molecular weight is 414 g/mol. The first kappa shape index (κ1) is 36.7. The summed E-state index contributed by atoms with van der Waals surface area (Å²) in [5.41, 5.74) is 0. The third-order valence-corrected chi connectivity index (χ3v) is 8.83. The van der Waals surface area contributed by atoms with Crippen LogP contribution in [0.3, 0.4) is 0 Å². The Morgan fingerprint density at radius 2 is 1.84 bits per heavy atom. The van der Waals surface area contributed by atoms with Crippen molar-refractivity contribution in [2.45, 2.75) is 71.2 Å². The summed E-state index contributed by atoms with van der Waals surface area (Å²) in [5.74, 6) is 0. The Balaban J connectivity index is -0.000000113. The van der Waals surface area contributed by atoms with Crippen LogP contribution in [-0.4, -0.2) is 14.4 Å². The summed E-state index contributed by atoms with van der Waals surface area (Å²) in [6.07, 6.45) is 5.34. The van der Waals surface area contributed by atoms with Crippen LogP contribution in [-0.2, 0) is 21.5 Å². The largest absolute Gasteiger partial charge is 1.00 e. The zero-order valence-electron chi connectivity index (χ0n) is 17.2. The monoisotopic (exact) mass is 413 g/mol. The van der Waals surface area contributed by atoms with Crippen molar-refractivity contribution in [2.75, 3.05) is 0 Å². The van der Waals surface area contributed by atoms with E-state index in [1.54, 1.807) is 17.4 Å². The molecule has 0 aliphatic rings. The molecule has 0 amide bonds. The third kappa shape index (κ3) is 21.0. The predicted octanol–water partition coefficient (Wildman–Crippen LogP) is 0.206. The van der Waals surface area contributed by atoms with E-state index < -0.39 is 8.32 Å². The zero-order valence-corrected chi connectivity index (χ0v) is 19.9. The Kier molecular flexibility index (Phi) is 31.0. The molecular formula is C18H30CuLi2NOSSi. The molecule has 1 aromatic rings. The average Bonchev–Trinajstić information content (AvgIpc) is 2.98. The molecule has 1 aromatic heterocycles. The van der Waals surface area contributed by atoms with Gasteiger partial charge in [-0.1, -0.05) is 33.6 Å². The summed E-state index contributed by atoms with van der Waals surface area (Å²) >= 11 is 1.59. The smallest absolute Gasteiger partial charge is 0.518 e. The van der Waals surface area contributed by atoms with Crippen molar-refractivity contribution >= 4 is 19.7 Å². The van der Waals surface area contributed by atoms with Crippen molar-refractivity contribution in [2.24, 2.45) is 0 Å². The molecule has 2 nitrogen and oxygen atoms in total. The molecule has 136 valence electrons. The quantitative estimate of drug-likeness (QED) is 0.379. The molecule has 1 heterocycles. The van der Waals surface area contributed by atoms with Crippen molar-refractivity contribution < 1.29 is 59.2 Å². The fraction of sp³-hybridized carbons (Fsp3) is 0.611. The first-order valence-corrected chi connectivity index (χ1v) is 11.3. The Labute approximate surface area is 196 Å². The maximum atomic E-state index is 6.25. The topological polar surface area (TPSA) is 33.0 Å². The summed E-state index contributed by atoms with van der Waals surface area (Å²) in [7, 11) is -1.57. The van der Waals surface area contributed by atoms with Crippen LogP contribution in [0.15, 0.2) is 23.6 Å². The van der Waals surface area contributed by atoms with Gasteiger partial charge in [0, 0.05) is 6.10 Å². The fourth-order valence-electron chi connectivity index (χ4n) is 1.46. The van der Waals surface area contributed by atoms with Crippen molar-refractivity contribution in [3.05, 3.63) is 42.1 Å². The molecule has 0 fully saturated rings. The second-order valence-electron chi connectivity index (χ2n) is 6.59. The molecule has 0 saturated heterocycles. The molecule has 1 rings (SSSR count). The van der Waals surface area contributed by atoms with Gasteiger partial charge in [-0.05, 0) is 31.5 Å². The standard InChI is InChI=1S/C13H27OSi.C4H3S.CN.Cu.2Li/c1-8-9-10-11-12(2)14-15(6,7)13(3,4)5;1-2-4-5-3-1;1-2;;;/h1,8,12H,9-11H2,2-7H3;1-3H;;;;/q3*-1;3*+1/t12-;;;;;/m0...../s1. The van der Waals surface area contributed by atoms with Gasteiger partial charge in [-0.15, -0.1) is 5.38 Å². The molecule has 1 atom stereocenters. The van der Waals surface area contributed by atoms with Crippen LogP contribution in [0.1, 0.15) is 47.0 Å². The third-order valence-electron chi connectivity index (χ3n) is 3.66. The Hall–Kier alpha value is 0.821. The normalized spacial score (nSPS) is 10.7. The van der Waals surface area contributed by atoms with E-state index in [1.165, 1.54) is 0 Å². The van der Waals surface area contributed by atoms with E-state index in [4.69, 9.17) is 22.8 Å². The number of hydrogen-bond acceptors (Lipinski definition) is 3. The van der Waals surface area contributed by atoms with Crippen molar-refractivity contribution in [1.29, 1.82) is 5.26 Å². The number of rotatable bonds is 6. The molecule has 0 aliphatic carbocycles. The number of allylic oxidation sites excluding steroid dienone is 1. The summed E-state index contributed by atoms with van der Waals surface area (Å²) in [6, 6.07) is 3.86. The van der Waals surface area contributed by atoms with E-state index in [-0.39, 0.29) is 54.8 Å². The molecule has 0 bridgehead atoms. The second kappa shape index (κ2) is 21.1. The summed E-state index contributed by atoms with van der Waals surface area (Å²) in [5, 5.41) is 11.4. The molecule has 0 radical (unpaired) electrons. The summed E-state index contributed by atoms with van der Waals surface area (Å²) in [4.78, 5) is 0. The van der Waals surface area contributed by atoms with E-state index in [9.17, 15) is 0 Å². The van der Waals surface area contributed by atoms with Crippen LogP contribution < -0.4 is 37.7 Å². The van der Waals surface area contributed by atoms with E-state index in [0.717, 1.165) is 19.3 Å². The molecule has 0 N–H and O–H groups in total. The van der Waals surface area contributed by atoms with Gasteiger partial charge in [-0.3, -0.25) is 6.08 Å². The molecule has 0 unspecified atom stereocenters. The Morgan fingerprint density at radius 3 is 2.12 bits per heavy atom.